The van der Waals surface area contributed by atoms with Gasteiger partial charge in [0.1, 0.15) is 11.6 Å². The molecule has 7 nitrogen and oxygen atoms in total. The van der Waals surface area contributed by atoms with Crippen LogP contribution in [0.1, 0.15) is 43.1 Å². The molecule has 4 aromatic heterocycles. The zero-order chi connectivity index (χ0) is 20.0. The van der Waals surface area contributed by atoms with Crippen LogP contribution in [0.15, 0.2) is 37.1 Å². The molecule has 0 aromatic carbocycles. The van der Waals surface area contributed by atoms with Gasteiger partial charge in [0.15, 0.2) is 5.65 Å². The number of aromatic nitrogens is 6. The Hall–Kier alpha value is -3.29. The van der Waals surface area contributed by atoms with E-state index in [-0.39, 0.29) is 17.8 Å². The van der Waals surface area contributed by atoms with E-state index >= 15 is 0 Å². The molecule has 1 aliphatic carbocycles. The Kier molecular flexibility index (Phi) is 4.26. The molecule has 0 bridgehead atoms. The van der Waals surface area contributed by atoms with Gasteiger partial charge in [-0.25, -0.2) is 14.4 Å². The van der Waals surface area contributed by atoms with Gasteiger partial charge in [-0.2, -0.15) is 9.61 Å². The summed E-state index contributed by atoms with van der Waals surface area (Å²) in [5.41, 5.74) is 5.47. The van der Waals surface area contributed by atoms with Gasteiger partial charge in [-0.15, -0.1) is 0 Å². The normalized spacial score (nSPS) is 16.3. The van der Waals surface area contributed by atoms with Crippen molar-refractivity contribution in [2.45, 2.75) is 45.1 Å². The second-order valence-electron chi connectivity index (χ2n) is 7.82. The van der Waals surface area contributed by atoms with Gasteiger partial charge < -0.3 is 10.3 Å². The molecule has 8 heteroatoms. The first-order chi connectivity index (χ1) is 14.1. The number of aryl methyl sites for hydroxylation is 1. The highest BCUT2D eigenvalue weighted by atomic mass is 19.1. The molecule has 2 N–H and O–H groups in total. The van der Waals surface area contributed by atoms with Crippen molar-refractivity contribution in [1.29, 1.82) is 0 Å². The fourth-order valence-electron chi connectivity index (χ4n) is 3.92. The number of imidazole rings is 1. The number of pyridine rings is 1. The van der Waals surface area contributed by atoms with Crippen molar-refractivity contribution in [3.63, 3.8) is 0 Å². The summed E-state index contributed by atoms with van der Waals surface area (Å²) in [5, 5.41) is 8.20. The van der Waals surface area contributed by atoms with E-state index in [1.54, 1.807) is 12.5 Å². The van der Waals surface area contributed by atoms with Crippen LogP contribution in [0.3, 0.4) is 0 Å². The Labute approximate surface area is 167 Å². The summed E-state index contributed by atoms with van der Waals surface area (Å²) < 4.78 is 15.6. The molecule has 148 valence electrons. The molecule has 4 heterocycles. The Balaban J connectivity index is 1.58. The van der Waals surface area contributed by atoms with Gasteiger partial charge in [-0.3, -0.25) is 4.98 Å². The maximum absolute atomic E-state index is 13.8. The number of nitrogens with zero attached hydrogens (tertiary/aromatic N) is 5. The van der Waals surface area contributed by atoms with E-state index in [2.05, 4.69) is 39.2 Å². The molecule has 4 aromatic rings. The standard InChI is InChI=1S/C21H22FN7/c1-12(2)16-10-26-29-20(27-15-3-4-17-19(6-15)25-11-24-17)7-18(28-21(16)29)13-5-14(22)9-23-8-13/h5,7-12,15,27H,3-4,6H2,1-2H3,(H,24,25). The second kappa shape index (κ2) is 6.95. The summed E-state index contributed by atoms with van der Waals surface area (Å²) in [7, 11) is 0. The highest BCUT2D eigenvalue weighted by Gasteiger charge is 2.22. The average Bonchev–Trinajstić information content (AvgIpc) is 3.34. The largest absolute Gasteiger partial charge is 0.367 e. The quantitative estimate of drug-likeness (QED) is 0.554. The third-order valence-electron chi connectivity index (χ3n) is 5.46. The van der Waals surface area contributed by atoms with Gasteiger partial charge in [0.2, 0.25) is 0 Å². The van der Waals surface area contributed by atoms with E-state index < -0.39 is 0 Å². The number of rotatable bonds is 4. The van der Waals surface area contributed by atoms with Gasteiger partial charge in [0.05, 0.1) is 30.1 Å². The Morgan fingerprint density at radius 3 is 2.97 bits per heavy atom. The van der Waals surface area contributed by atoms with Crippen molar-refractivity contribution in [2.24, 2.45) is 0 Å². The van der Waals surface area contributed by atoms with E-state index in [1.165, 1.54) is 18.0 Å². The summed E-state index contributed by atoms with van der Waals surface area (Å²) in [6, 6.07) is 3.61. The Morgan fingerprint density at radius 2 is 2.14 bits per heavy atom. The van der Waals surface area contributed by atoms with E-state index in [0.717, 1.165) is 42.0 Å². The van der Waals surface area contributed by atoms with E-state index in [4.69, 9.17) is 4.98 Å². The lowest BCUT2D eigenvalue weighted by atomic mass is 9.96. The fraction of sp³-hybridized carbons (Fsp3) is 0.333. The van der Waals surface area contributed by atoms with E-state index in [1.807, 2.05) is 16.8 Å². The van der Waals surface area contributed by atoms with Crippen LogP contribution in [0.25, 0.3) is 16.9 Å². The SMILES string of the molecule is CC(C)c1cnn2c(NC3CCc4[nH]cnc4C3)cc(-c3cncc(F)c3)nc12. The first-order valence-corrected chi connectivity index (χ1v) is 9.85. The van der Waals surface area contributed by atoms with Crippen LogP contribution in [0.2, 0.25) is 0 Å². The summed E-state index contributed by atoms with van der Waals surface area (Å²) in [5.74, 6) is 0.731. The summed E-state index contributed by atoms with van der Waals surface area (Å²) in [6.07, 6.45) is 9.24. The molecule has 29 heavy (non-hydrogen) atoms. The van der Waals surface area contributed by atoms with Crippen molar-refractivity contribution in [1.82, 2.24) is 29.5 Å². The van der Waals surface area contributed by atoms with Crippen LogP contribution < -0.4 is 5.32 Å². The first-order valence-electron chi connectivity index (χ1n) is 9.85. The van der Waals surface area contributed by atoms with Crippen molar-refractivity contribution < 1.29 is 4.39 Å². The highest BCUT2D eigenvalue weighted by Crippen LogP contribution is 2.28. The highest BCUT2D eigenvalue weighted by molar-refractivity contribution is 5.67. The smallest absolute Gasteiger partial charge is 0.161 e. The van der Waals surface area contributed by atoms with Gasteiger partial charge in [-0.1, -0.05) is 13.8 Å². The minimum Gasteiger partial charge on any atom is -0.367 e. The summed E-state index contributed by atoms with van der Waals surface area (Å²) in [6.45, 7) is 4.23. The maximum Gasteiger partial charge on any atom is 0.161 e. The second-order valence-corrected chi connectivity index (χ2v) is 7.82. The van der Waals surface area contributed by atoms with Gasteiger partial charge in [0.25, 0.3) is 0 Å². The molecule has 0 aliphatic heterocycles. The number of fused-ring (bicyclic) bond motifs is 2. The number of halogens is 1. The van der Waals surface area contributed by atoms with Crippen molar-refractivity contribution in [2.75, 3.05) is 5.32 Å². The molecule has 0 spiro atoms. The molecule has 1 atom stereocenters. The number of hydrogen-bond acceptors (Lipinski definition) is 5. The molecule has 0 radical (unpaired) electrons. The van der Waals surface area contributed by atoms with Crippen molar-refractivity contribution in [3.8, 4) is 11.3 Å². The van der Waals surface area contributed by atoms with Gasteiger partial charge >= 0.3 is 0 Å². The van der Waals surface area contributed by atoms with E-state index in [9.17, 15) is 4.39 Å². The molecular weight excluding hydrogens is 369 g/mol. The molecular formula is C21H22FN7. The zero-order valence-corrected chi connectivity index (χ0v) is 16.4. The van der Waals surface area contributed by atoms with Crippen LogP contribution in [-0.2, 0) is 12.8 Å². The number of aromatic amines is 1. The van der Waals surface area contributed by atoms with Gasteiger partial charge in [0, 0.05) is 41.5 Å². The predicted molar refractivity (Wildman–Crippen MR) is 108 cm³/mol. The lowest BCUT2D eigenvalue weighted by molar-refractivity contribution is 0.593. The fourth-order valence-corrected chi connectivity index (χ4v) is 3.92. The molecule has 0 amide bonds. The predicted octanol–water partition coefficient (Wildman–Crippen LogP) is 3.75. The van der Waals surface area contributed by atoms with E-state index in [0.29, 0.717) is 11.3 Å². The number of anilines is 1. The third-order valence-corrected chi connectivity index (χ3v) is 5.46. The zero-order valence-electron chi connectivity index (χ0n) is 16.4. The maximum atomic E-state index is 13.8. The summed E-state index contributed by atoms with van der Waals surface area (Å²) in [4.78, 5) is 16.4. The average molecular weight is 391 g/mol. The Morgan fingerprint density at radius 1 is 1.24 bits per heavy atom. The van der Waals surface area contributed by atoms with Crippen LogP contribution in [0.5, 0.6) is 0 Å². The lowest BCUT2D eigenvalue weighted by Gasteiger charge is -2.24. The van der Waals surface area contributed by atoms with Crippen molar-refractivity contribution in [3.05, 3.63) is 59.8 Å². The third kappa shape index (κ3) is 3.24. The monoisotopic (exact) mass is 391 g/mol. The summed E-state index contributed by atoms with van der Waals surface area (Å²) >= 11 is 0. The minimum absolute atomic E-state index is 0.238. The molecule has 0 saturated heterocycles. The number of nitrogens with one attached hydrogen (secondary N) is 2. The Bertz CT molecular complexity index is 1180. The van der Waals surface area contributed by atoms with Crippen LogP contribution in [0, 0.1) is 5.82 Å². The van der Waals surface area contributed by atoms with Crippen molar-refractivity contribution >= 4 is 11.5 Å². The van der Waals surface area contributed by atoms with Crippen LogP contribution in [0.4, 0.5) is 10.2 Å². The molecule has 1 unspecified atom stereocenters. The number of H-pyrrole nitrogens is 1. The topological polar surface area (TPSA) is 83.8 Å². The van der Waals surface area contributed by atoms with Gasteiger partial charge in [-0.05, 0) is 24.8 Å². The first kappa shape index (κ1) is 17.8. The molecule has 0 saturated carbocycles. The number of hydrogen-bond donors (Lipinski definition) is 2. The minimum atomic E-state index is -0.380. The molecule has 5 rings (SSSR count). The lowest BCUT2D eigenvalue weighted by Crippen LogP contribution is -2.28. The molecule has 1 aliphatic rings. The van der Waals surface area contributed by atoms with Crippen LogP contribution in [-0.4, -0.2) is 35.6 Å². The molecule has 0 fully saturated rings. The van der Waals surface area contributed by atoms with Crippen LogP contribution >= 0.6 is 0 Å².